The molecule has 92 valence electrons. The van der Waals surface area contributed by atoms with Crippen molar-refractivity contribution in [1.82, 2.24) is 0 Å². The molecule has 0 aromatic rings. The van der Waals surface area contributed by atoms with E-state index in [4.69, 9.17) is 4.74 Å². The van der Waals surface area contributed by atoms with Gasteiger partial charge in [-0.15, -0.1) is 0 Å². The van der Waals surface area contributed by atoms with Crippen LogP contribution >= 0.6 is 0 Å². The summed E-state index contributed by atoms with van der Waals surface area (Å²) < 4.78 is 6.00. The number of hydrogen-bond donors (Lipinski definition) is 0. The number of Topliss-reactive ketones (excluding diaryl/α,β-unsaturated/α-hetero) is 1. The maximum absolute atomic E-state index is 12.5. The molecule has 0 N–H and O–H groups in total. The lowest BCUT2D eigenvalue weighted by Crippen LogP contribution is -2.49. The zero-order valence-corrected chi connectivity index (χ0v) is 10.6. The van der Waals surface area contributed by atoms with Gasteiger partial charge in [-0.3, -0.25) is 4.79 Å². The highest BCUT2D eigenvalue weighted by molar-refractivity contribution is 5.90. The van der Waals surface area contributed by atoms with Crippen molar-refractivity contribution in [3.63, 3.8) is 0 Å². The summed E-state index contributed by atoms with van der Waals surface area (Å²) in [6.07, 6.45) is 6.00. The van der Waals surface area contributed by atoms with Crippen LogP contribution in [-0.4, -0.2) is 18.5 Å². The third-order valence-electron chi connectivity index (χ3n) is 4.85. The van der Waals surface area contributed by atoms with E-state index in [0.717, 1.165) is 6.42 Å². The Hall–Kier alpha value is -0.890. The predicted molar refractivity (Wildman–Crippen MR) is 66.5 cm³/mol. The summed E-state index contributed by atoms with van der Waals surface area (Å²) >= 11 is 0. The van der Waals surface area contributed by atoms with E-state index in [1.165, 1.54) is 5.57 Å². The average Bonchev–Trinajstić information content (AvgIpc) is 2.61. The number of ketones is 1. The first-order valence-electron chi connectivity index (χ1n) is 6.56. The summed E-state index contributed by atoms with van der Waals surface area (Å²) in [6, 6.07) is 0. The molecule has 1 heterocycles. The van der Waals surface area contributed by atoms with E-state index in [9.17, 15) is 4.79 Å². The summed E-state index contributed by atoms with van der Waals surface area (Å²) in [4.78, 5) is 12.5. The molecular weight excluding hydrogens is 212 g/mol. The van der Waals surface area contributed by atoms with E-state index in [-0.39, 0.29) is 17.4 Å². The van der Waals surface area contributed by atoms with Gasteiger partial charge in [-0.25, -0.2) is 0 Å². The van der Waals surface area contributed by atoms with Crippen LogP contribution in [0.15, 0.2) is 24.3 Å². The Balaban J connectivity index is 2.06. The second-order valence-electron chi connectivity index (χ2n) is 6.09. The van der Waals surface area contributed by atoms with Gasteiger partial charge in [0, 0.05) is 12.3 Å². The molecule has 2 bridgehead atoms. The molecule has 0 aromatic heterocycles. The Kier molecular flexibility index (Phi) is 2.34. The van der Waals surface area contributed by atoms with Crippen molar-refractivity contribution in [2.24, 2.45) is 23.2 Å². The van der Waals surface area contributed by atoms with Crippen LogP contribution in [0.4, 0.5) is 0 Å². The zero-order valence-electron chi connectivity index (χ0n) is 10.6. The lowest BCUT2D eigenvalue weighted by atomic mass is 9.57. The van der Waals surface area contributed by atoms with Crippen LogP contribution < -0.4 is 0 Å². The monoisotopic (exact) mass is 232 g/mol. The quantitative estimate of drug-likeness (QED) is 0.650. The molecule has 0 aromatic carbocycles. The van der Waals surface area contributed by atoms with Crippen molar-refractivity contribution in [1.29, 1.82) is 0 Å². The molecule has 2 aliphatic carbocycles. The molecule has 0 radical (unpaired) electrons. The second kappa shape index (κ2) is 3.55. The van der Waals surface area contributed by atoms with Gasteiger partial charge < -0.3 is 4.74 Å². The summed E-state index contributed by atoms with van der Waals surface area (Å²) in [7, 11) is 0. The molecule has 3 rings (SSSR count). The average molecular weight is 232 g/mol. The molecule has 17 heavy (non-hydrogen) atoms. The summed E-state index contributed by atoms with van der Waals surface area (Å²) in [5.41, 5.74) is 0.833. The third-order valence-corrected chi connectivity index (χ3v) is 4.85. The minimum Gasteiger partial charge on any atom is -0.376 e. The van der Waals surface area contributed by atoms with Gasteiger partial charge in [-0.2, -0.15) is 0 Å². The molecule has 2 nitrogen and oxygen atoms in total. The molecule has 3 aliphatic rings. The maximum Gasteiger partial charge on any atom is 0.146 e. The fraction of sp³-hybridized carbons (Fsp3) is 0.667. The van der Waals surface area contributed by atoms with Crippen molar-refractivity contribution >= 4 is 5.78 Å². The largest absolute Gasteiger partial charge is 0.376 e. The summed E-state index contributed by atoms with van der Waals surface area (Å²) in [6.45, 7) is 9.13. The first-order valence-corrected chi connectivity index (χ1v) is 6.56. The lowest BCUT2D eigenvalue weighted by Gasteiger charge is -2.43. The molecular formula is C15H20O2. The van der Waals surface area contributed by atoms with Crippen LogP contribution in [-0.2, 0) is 9.53 Å². The van der Waals surface area contributed by atoms with Crippen LogP contribution in [0.2, 0.25) is 0 Å². The number of carbonyl (C=O) groups excluding carboxylic acids is 1. The minimum atomic E-state index is -0.356. The second-order valence-corrected chi connectivity index (χ2v) is 6.09. The van der Waals surface area contributed by atoms with Gasteiger partial charge in [0.15, 0.2) is 0 Å². The standard InChI is InChI=1S/C15H20O2/c1-9(2)11-7-12(16)15-6-4-5-10(3)13(15)14(11)17-8-15/h4,6,9,11,13-14H,3,5,7-8H2,1-2H3/t11-,13+,14-,15+/m0/s1. The molecule has 4 atom stereocenters. The Labute approximate surface area is 103 Å². The van der Waals surface area contributed by atoms with Crippen LogP contribution in [0, 0.1) is 23.2 Å². The van der Waals surface area contributed by atoms with Gasteiger partial charge in [-0.05, 0) is 18.3 Å². The fourth-order valence-electron chi connectivity index (χ4n) is 3.86. The summed E-state index contributed by atoms with van der Waals surface area (Å²) in [5, 5.41) is 0. The summed E-state index contributed by atoms with van der Waals surface area (Å²) in [5.74, 6) is 1.47. The van der Waals surface area contributed by atoms with Crippen molar-refractivity contribution in [3.8, 4) is 0 Å². The van der Waals surface area contributed by atoms with Crippen molar-refractivity contribution in [2.45, 2.75) is 32.8 Å². The van der Waals surface area contributed by atoms with E-state index in [2.05, 4.69) is 32.6 Å². The number of ether oxygens (including phenoxy) is 1. The van der Waals surface area contributed by atoms with E-state index >= 15 is 0 Å². The molecule has 1 aliphatic heterocycles. The highest BCUT2D eigenvalue weighted by atomic mass is 16.5. The van der Waals surface area contributed by atoms with Gasteiger partial charge in [0.2, 0.25) is 0 Å². The molecule has 0 unspecified atom stereocenters. The Morgan fingerprint density at radius 3 is 3.00 bits per heavy atom. The third kappa shape index (κ3) is 1.33. The van der Waals surface area contributed by atoms with E-state index < -0.39 is 0 Å². The van der Waals surface area contributed by atoms with Gasteiger partial charge in [0.05, 0.1) is 18.1 Å². The van der Waals surface area contributed by atoms with E-state index in [1.54, 1.807) is 0 Å². The van der Waals surface area contributed by atoms with Crippen LogP contribution in [0.25, 0.3) is 0 Å². The van der Waals surface area contributed by atoms with Crippen molar-refractivity contribution in [3.05, 3.63) is 24.3 Å². The minimum absolute atomic E-state index is 0.213. The molecule has 2 fully saturated rings. The van der Waals surface area contributed by atoms with Gasteiger partial charge in [0.25, 0.3) is 0 Å². The van der Waals surface area contributed by atoms with Crippen LogP contribution in [0.1, 0.15) is 26.7 Å². The molecule has 0 amide bonds. The Morgan fingerprint density at radius 1 is 1.53 bits per heavy atom. The SMILES string of the molecule is C=C1CC=C[C@]23CO[C@H]([C@@H]12)[C@H](C(C)C)CC3=O. The molecule has 1 saturated heterocycles. The zero-order chi connectivity index (χ0) is 12.2. The van der Waals surface area contributed by atoms with E-state index in [0.29, 0.717) is 30.6 Å². The van der Waals surface area contributed by atoms with Gasteiger partial charge in [-0.1, -0.05) is 38.2 Å². The Morgan fingerprint density at radius 2 is 2.29 bits per heavy atom. The number of rotatable bonds is 1. The van der Waals surface area contributed by atoms with Crippen LogP contribution in [0.3, 0.4) is 0 Å². The normalized spacial score (nSPS) is 44.3. The van der Waals surface area contributed by atoms with E-state index in [1.807, 2.05) is 0 Å². The van der Waals surface area contributed by atoms with Crippen molar-refractivity contribution in [2.75, 3.05) is 6.61 Å². The maximum atomic E-state index is 12.5. The number of carbonyl (C=O) groups is 1. The molecule has 0 spiro atoms. The smallest absolute Gasteiger partial charge is 0.146 e. The highest BCUT2D eigenvalue weighted by Crippen LogP contribution is 2.55. The van der Waals surface area contributed by atoms with Crippen molar-refractivity contribution < 1.29 is 9.53 Å². The number of allylic oxidation sites excluding steroid dienone is 1. The van der Waals surface area contributed by atoms with Gasteiger partial charge >= 0.3 is 0 Å². The lowest BCUT2D eigenvalue weighted by molar-refractivity contribution is -0.131. The predicted octanol–water partition coefficient (Wildman–Crippen LogP) is 2.75. The molecule has 1 saturated carbocycles. The van der Waals surface area contributed by atoms with Crippen LogP contribution in [0.5, 0.6) is 0 Å². The first kappa shape index (κ1) is 11.2. The van der Waals surface area contributed by atoms with Gasteiger partial charge in [0.1, 0.15) is 5.78 Å². The molecule has 2 heteroatoms. The highest BCUT2D eigenvalue weighted by Gasteiger charge is 2.60. The first-order chi connectivity index (χ1) is 8.06. The fourth-order valence-corrected chi connectivity index (χ4v) is 3.86. The number of hydrogen-bond acceptors (Lipinski definition) is 2. The topological polar surface area (TPSA) is 26.3 Å². The Bertz CT molecular complexity index is 407.